The van der Waals surface area contributed by atoms with Crippen LogP contribution in [0.1, 0.15) is 64.9 Å². The van der Waals surface area contributed by atoms with Crippen LogP contribution in [0.5, 0.6) is 0 Å². The summed E-state index contributed by atoms with van der Waals surface area (Å²) in [5.41, 5.74) is 1.43. The fraction of sp³-hybridized carbons (Fsp3) is 0.435. The van der Waals surface area contributed by atoms with Gasteiger partial charge in [0.05, 0.1) is 0 Å². The third-order valence-corrected chi connectivity index (χ3v) is 4.21. The molecule has 0 N–H and O–H groups in total. The van der Waals surface area contributed by atoms with Gasteiger partial charge in [-0.25, -0.2) is 4.79 Å². The molecular formula is C23H30O3. The fourth-order valence-corrected chi connectivity index (χ4v) is 2.97. The molecule has 0 saturated carbocycles. The summed E-state index contributed by atoms with van der Waals surface area (Å²) in [5.74, 6) is 0. The number of carbonyl (C=O) groups is 1. The third kappa shape index (κ3) is 5.35. The van der Waals surface area contributed by atoms with Gasteiger partial charge in [0.2, 0.25) is 0 Å². The molecule has 0 aliphatic carbocycles. The summed E-state index contributed by atoms with van der Waals surface area (Å²) in [4.78, 5) is 12.7. The fourth-order valence-electron chi connectivity index (χ4n) is 2.97. The second-order valence-corrected chi connectivity index (χ2v) is 8.80. The van der Waals surface area contributed by atoms with Gasteiger partial charge in [0.1, 0.15) is 12.2 Å². The molecule has 0 bridgehead atoms. The Morgan fingerprint density at radius 2 is 0.962 bits per heavy atom. The Morgan fingerprint density at radius 3 is 1.23 bits per heavy atom. The molecule has 2 aromatic carbocycles. The van der Waals surface area contributed by atoms with Crippen molar-refractivity contribution in [2.75, 3.05) is 0 Å². The van der Waals surface area contributed by atoms with Crippen LogP contribution in [-0.2, 0) is 9.47 Å². The molecule has 0 saturated heterocycles. The molecular weight excluding hydrogens is 324 g/mol. The minimum absolute atomic E-state index is 0.246. The van der Waals surface area contributed by atoms with Crippen molar-refractivity contribution in [1.29, 1.82) is 0 Å². The second kappa shape index (κ2) is 7.94. The summed E-state index contributed by atoms with van der Waals surface area (Å²) in [5, 5.41) is 0. The average molecular weight is 354 g/mol. The predicted octanol–water partition coefficient (Wildman–Crippen LogP) is 6.71. The lowest BCUT2D eigenvalue weighted by atomic mass is 9.84. The molecule has 0 heterocycles. The SMILES string of the molecule is CC(C)(C)C(OC(=O)OC(c1ccccc1)C(C)(C)C)c1ccccc1. The predicted molar refractivity (Wildman–Crippen MR) is 105 cm³/mol. The maximum absolute atomic E-state index is 12.7. The number of carbonyl (C=O) groups excluding carboxylic acids is 1. The topological polar surface area (TPSA) is 35.5 Å². The highest BCUT2D eigenvalue weighted by Gasteiger charge is 2.34. The Bertz CT molecular complexity index is 632. The van der Waals surface area contributed by atoms with Gasteiger partial charge in [0, 0.05) is 10.8 Å². The number of hydrogen-bond donors (Lipinski definition) is 0. The van der Waals surface area contributed by atoms with Gasteiger partial charge in [-0.3, -0.25) is 0 Å². The van der Waals surface area contributed by atoms with Gasteiger partial charge in [0.15, 0.2) is 0 Å². The molecule has 2 unspecified atom stereocenters. The molecule has 2 rings (SSSR count). The Labute approximate surface area is 157 Å². The van der Waals surface area contributed by atoms with E-state index in [9.17, 15) is 4.79 Å². The molecule has 0 radical (unpaired) electrons. The molecule has 2 atom stereocenters. The van der Waals surface area contributed by atoms with Crippen LogP contribution in [0.3, 0.4) is 0 Å². The van der Waals surface area contributed by atoms with Crippen LogP contribution in [-0.4, -0.2) is 6.16 Å². The van der Waals surface area contributed by atoms with Crippen LogP contribution in [0.25, 0.3) is 0 Å². The van der Waals surface area contributed by atoms with Gasteiger partial charge in [-0.2, -0.15) is 0 Å². The van der Waals surface area contributed by atoms with Crippen molar-refractivity contribution in [1.82, 2.24) is 0 Å². The number of benzene rings is 2. The van der Waals surface area contributed by atoms with Gasteiger partial charge in [-0.05, 0) is 11.1 Å². The van der Waals surface area contributed by atoms with Crippen molar-refractivity contribution in [2.24, 2.45) is 10.8 Å². The minimum Gasteiger partial charge on any atom is -0.426 e. The normalized spacial score (nSPS) is 14.4. The molecule has 0 spiro atoms. The highest BCUT2D eigenvalue weighted by molar-refractivity contribution is 5.61. The van der Waals surface area contributed by atoms with Crippen LogP contribution >= 0.6 is 0 Å². The molecule has 3 nitrogen and oxygen atoms in total. The van der Waals surface area contributed by atoms with Crippen molar-refractivity contribution < 1.29 is 14.3 Å². The summed E-state index contributed by atoms with van der Waals surface area (Å²) in [6.07, 6.45) is -1.40. The van der Waals surface area contributed by atoms with Gasteiger partial charge >= 0.3 is 6.16 Å². The third-order valence-electron chi connectivity index (χ3n) is 4.21. The summed E-state index contributed by atoms with van der Waals surface area (Å²) in [6.45, 7) is 12.3. The van der Waals surface area contributed by atoms with Crippen LogP contribution < -0.4 is 0 Å². The van der Waals surface area contributed by atoms with E-state index in [0.717, 1.165) is 11.1 Å². The standard InChI is InChI=1S/C23H30O3/c1-22(2,3)19(17-13-9-7-10-14-17)25-21(24)26-20(23(4,5)6)18-15-11-8-12-16-18/h7-16,19-20H,1-6H3. The van der Waals surface area contributed by atoms with Gasteiger partial charge in [-0.15, -0.1) is 0 Å². The van der Waals surface area contributed by atoms with Crippen LogP contribution in [0.4, 0.5) is 4.79 Å². The lowest BCUT2D eigenvalue weighted by Gasteiger charge is -2.33. The quantitative estimate of drug-likeness (QED) is 0.572. The summed E-state index contributed by atoms with van der Waals surface area (Å²) in [7, 11) is 0. The first-order valence-corrected chi connectivity index (χ1v) is 9.06. The Kier molecular flexibility index (Phi) is 6.12. The molecule has 0 aliphatic heterocycles. The zero-order valence-electron chi connectivity index (χ0n) is 16.7. The van der Waals surface area contributed by atoms with Crippen molar-refractivity contribution in [3.8, 4) is 0 Å². The van der Waals surface area contributed by atoms with E-state index in [1.807, 2.05) is 60.7 Å². The first-order chi connectivity index (χ1) is 12.1. The van der Waals surface area contributed by atoms with E-state index in [4.69, 9.17) is 9.47 Å². The first kappa shape index (κ1) is 20.0. The maximum Gasteiger partial charge on any atom is 0.509 e. The molecule has 140 valence electrons. The monoisotopic (exact) mass is 354 g/mol. The molecule has 2 aromatic rings. The van der Waals surface area contributed by atoms with E-state index < -0.39 is 6.16 Å². The molecule has 0 amide bonds. The van der Waals surface area contributed by atoms with Crippen LogP contribution in [0.2, 0.25) is 0 Å². The molecule has 0 aromatic heterocycles. The summed E-state index contributed by atoms with van der Waals surface area (Å²) < 4.78 is 11.6. The van der Waals surface area contributed by atoms with Crippen LogP contribution in [0, 0.1) is 10.8 Å². The lowest BCUT2D eigenvalue weighted by Crippen LogP contribution is -2.28. The lowest BCUT2D eigenvalue weighted by molar-refractivity contribution is -0.0582. The van der Waals surface area contributed by atoms with E-state index in [2.05, 4.69) is 41.5 Å². The Balaban J connectivity index is 2.21. The summed E-state index contributed by atoms with van der Waals surface area (Å²) in [6, 6.07) is 19.6. The Morgan fingerprint density at radius 1 is 0.654 bits per heavy atom. The van der Waals surface area contributed by atoms with Crippen molar-refractivity contribution in [3.05, 3.63) is 71.8 Å². The average Bonchev–Trinajstić information content (AvgIpc) is 2.57. The van der Waals surface area contributed by atoms with E-state index in [1.165, 1.54) is 0 Å². The van der Waals surface area contributed by atoms with Crippen molar-refractivity contribution in [3.63, 3.8) is 0 Å². The maximum atomic E-state index is 12.7. The zero-order valence-corrected chi connectivity index (χ0v) is 16.7. The van der Waals surface area contributed by atoms with E-state index in [1.54, 1.807) is 0 Å². The molecule has 0 aliphatic rings. The largest absolute Gasteiger partial charge is 0.509 e. The Hall–Kier alpha value is -2.29. The first-order valence-electron chi connectivity index (χ1n) is 9.06. The van der Waals surface area contributed by atoms with Crippen LogP contribution in [0.15, 0.2) is 60.7 Å². The highest BCUT2D eigenvalue weighted by Crippen LogP contribution is 2.39. The van der Waals surface area contributed by atoms with Crippen molar-refractivity contribution in [2.45, 2.75) is 53.8 Å². The summed E-state index contributed by atoms with van der Waals surface area (Å²) >= 11 is 0. The zero-order chi connectivity index (χ0) is 19.4. The number of hydrogen-bond acceptors (Lipinski definition) is 3. The second-order valence-electron chi connectivity index (χ2n) is 8.80. The minimum atomic E-state index is -0.641. The van der Waals surface area contributed by atoms with E-state index in [0.29, 0.717) is 0 Å². The highest BCUT2D eigenvalue weighted by atomic mass is 16.7. The van der Waals surface area contributed by atoms with Crippen molar-refractivity contribution >= 4 is 6.16 Å². The number of ether oxygens (including phenoxy) is 2. The van der Waals surface area contributed by atoms with E-state index in [-0.39, 0.29) is 23.0 Å². The molecule has 3 heteroatoms. The van der Waals surface area contributed by atoms with Gasteiger partial charge in [-0.1, -0.05) is 102 Å². The van der Waals surface area contributed by atoms with E-state index >= 15 is 0 Å². The number of rotatable bonds is 4. The van der Waals surface area contributed by atoms with Gasteiger partial charge < -0.3 is 9.47 Å². The molecule has 26 heavy (non-hydrogen) atoms. The molecule has 0 fully saturated rings. The van der Waals surface area contributed by atoms with Gasteiger partial charge in [0.25, 0.3) is 0 Å². The smallest absolute Gasteiger partial charge is 0.426 e.